The van der Waals surface area contributed by atoms with Crippen molar-refractivity contribution in [2.24, 2.45) is 0 Å². The fourth-order valence-corrected chi connectivity index (χ4v) is 2.96. The zero-order chi connectivity index (χ0) is 16.9. The lowest BCUT2D eigenvalue weighted by Gasteiger charge is -2.22. The Kier molecular flexibility index (Phi) is 5.00. The number of nitrogens with zero attached hydrogens (tertiary/aromatic N) is 1. The molecule has 1 aliphatic heterocycles. The van der Waals surface area contributed by atoms with Crippen LogP contribution in [0.5, 0.6) is 0 Å². The van der Waals surface area contributed by atoms with E-state index < -0.39 is 5.97 Å². The van der Waals surface area contributed by atoms with Gasteiger partial charge in [-0.2, -0.15) is 0 Å². The number of furan rings is 2. The lowest BCUT2D eigenvalue weighted by molar-refractivity contribution is -0.125. The third kappa shape index (κ3) is 3.51. The quantitative estimate of drug-likeness (QED) is 0.814. The third-order valence-electron chi connectivity index (χ3n) is 4.18. The number of likely N-dealkylation sites (tertiary alicyclic amines) is 1. The fraction of sp³-hybridized carbons (Fsp3) is 0.412. The highest BCUT2D eigenvalue weighted by molar-refractivity contribution is 5.90. The van der Waals surface area contributed by atoms with E-state index in [1.54, 1.807) is 18.4 Å². The van der Waals surface area contributed by atoms with Crippen LogP contribution in [0, 0.1) is 0 Å². The molecule has 7 nitrogen and oxygen atoms in total. The summed E-state index contributed by atoms with van der Waals surface area (Å²) in [6.07, 6.45) is 4.74. The van der Waals surface area contributed by atoms with Crippen molar-refractivity contribution in [3.05, 3.63) is 47.8 Å². The topological polar surface area (TPSA) is 84.9 Å². The number of hydrogen-bond donors (Lipinski definition) is 1. The van der Waals surface area contributed by atoms with E-state index in [1.165, 1.54) is 13.4 Å². The molecule has 24 heavy (non-hydrogen) atoms. The van der Waals surface area contributed by atoms with Gasteiger partial charge in [-0.25, -0.2) is 4.79 Å². The molecule has 0 bridgehead atoms. The minimum absolute atomic E-state index is 0.0462. The lowest BCUT2D eigenvalue weighted by atomic mass is 10.2. The minimum Gasteiger partial charge on any atom is -0.467 e. The largest absolute Gasteiger partial charge is 0.467 e. The van der Waals surface area contributed by atoms with E-state index in [-0.39, 0.29) is 11.9 Å². The number of hydrogen-bond acceptors (Lipinski definition) is 6. The van der Waals surface area contributed by atoms with Gasteiger partial charge in [0.25, 0.3) is 0 Å². The van der Waals surface area contributed by atoms with Gasteiger partial charge in [-0.3, -0.25) is 9.69 Å². The highest BCUT2D eigenvalue weighted by Crippen LogP contribution is 2.23. The zero-order valence-electron chi connectivity index (χ0n) is 13.5. The first-order valence-electron chi connectivity index (χ1n) is 7.88. The van der Waals surface area contributed by atoms with Crippen molar-refractivity contribution >= 4 is 11.9 Å². The molecule has 1 fully saturated rings. The minimum atomic E-state index is -0.434. The summed E-state index contributed by atoms with van der Waals surface area (Å²) in [7, 11) is 1.33. The molecule has 0 spiro atoms. The maximum absolute atomic E-state index is 12.4. The van der Waals surface area contributed by atoms with E-state index in [0.29, 0.717) is 30.2 Å². The van der Waals surface area contributed by atoms with Crippen molar-refractivity contribution in [1.82, 2.24) is 10.2 Å². The molecule has 7 heteroatoms. The second-order valence-corrected chi connectivity index (χ2v) is 5.67. The van der Waals surface area contributed by atoms with Crippen LogP contribution in [-0.2, 0) is 22.6 Å². The molecule has 0 radical (unpaired) electrons. The Bertz CT molecular complexity index is 692. The maximum Gasteiger partial charge on any atom is 0.341 e. The lowest BCUT2D eigenvalue weighted by Crippen LogP contribution is -2.42. The van der Waals surface area contributed by atoms with Crippen LogP contribution in [0.2, 0.25) is 0 Å². The number of methoxy groups -OCH3 is 1. The van der Waals surface area contributed by atoms with Crippen molar-refractivity contribution in [2.75, 3.05) is 13.7 Å². The van der Waals surface area contributed by atoms with Crippen LogP contribution >= 0.6 is 0 Å². The van der Waals surface area contributed by atoms with Crippen LogP contribution in [0.1, 0.15) is 34.7 Å². The van der Waals surface area contributed by atoms with Crippen LogP contribution in [0.3, 0.4) is 0 Å². The molecule has 1 amide bonds. The molecule has 2 aromatic rings. The predicted molar refractivity (Wildman–Crippen MR) is 84.0 cm³/mol. The maximum atomic E-state index is 12.4. The van der Waals surface area contributed by atoms with Crippen molar-refractivity contribution in [2.45, 2.75) is 32.0 Å². The number of amides is 1. The Hall–Kier alpha value is -2.54. The van der Waals surface area contributed by atoms with Gasteiger partial charge in [-0.1, -0.05) is 0 Å². The van der Waals surface area contributed by atoms with Gasteiger partial charge < -0.3 is 18.9 Å². The summed E-state index contributed by atoms with van der Waals surface area (Å²) in [5, 5.41) is 2.89. The Labute approximate surface area is 139 Å². The molecular weight excluding hydrogens is 312 g/mol. The number of rotatable bonds is 6. The first-order valence-corrected chi connectivity index (χ1v) is 7.88. The molecule has 1 atom stereocenters. The molecule has 1 N–H and O–H groups in total. The molecule has 1 aliphatic rings. The second kappa shape index (κ2) is 7.35. The summed E-state index contributed by atoms with van der Waals surface area (Å²) in [5.41, 5.74) is 0.402. The number of carbonyl (C=O) groups excluding carboxylic acids is 2. The summed E-state index contributed by atoms with van der Waals surface area (Å²) in [5.74, 6) is 0.756. The standard InChI is InChI=1S/C17H20N2O5/c1-22-17(21)13-6-9-24-15(13)11-19-7-2-5-14(19)16(20)18-10-12-4-3-8-23-12/h3-4,6,8-9,14H,2,5,7,10-11H2,1H3,(H,18,20)/t14-/m0/s1. The molecule has 128 valence electrons. The van der Waals surface area contributed by atoms with Crippen molar-refractivity contribution < 1.29 is 23.2 Å². The van der Waals surface area contributed by atoms with E-state index in [0.717, 1.165) is 19.4 Å². The monoisotopic (exact) mass is 332 g/mol. The summed E-state index contributed by atoms with van der Waals surface area (Å²) < 4.78 is 15.4. The van der Waals surface area contributed by atoms with Gasteiger partial charge in [0.15, 0.2) is 0 Å². The van der Waals surface area contributed by atoms with Crippen molar-refractivity contribution in [3.8, 4) is 0 Å². The molecule has 1 saturated heterocycles. The predicted octanol–water partition coefficient (Wildman–Crippen LogP) is 1.94. The molecule has 2 aromatic heterocycles. The van der Waals surface area contributed by atoms with Gasteiger partial charge in [-0.15, -0.1) is 0 Å². The number of esters is 1. The Balaban J connectivity index is 1.62. The average Bonchev–Trinajstić information content (AvgIpc) is 3.34. The van der Waals surface area contributed by atoms with Gasteiger partial charge in [0, 0.05) is 0 Å². The Morgan fingerprint density at radius 3 is 2.96 bits per heavy atom. The number of carbonyl (C=O) groups is 2. The van der Waals surface area contributed by atoms with Gasteiger partial charge >= 0.3 is 5.97 Å². The Morgan fingerprint density at radius 2 is 2.21 bits per heavy atom. The summed E-state index contributed by atoms with van der Waals surface area (Å²) in [6.45, 7) is 1.54. The SMILES string of the molecule is COC(=O)c1ccoc1CN1CCC[C@H]1C(=O)NCc1ccco1. The van der Waals surface area contributed by atoms with Crippen LogP contribution < -0.4 is 5.32 Å². The normalized spacial score (nSPS) is 17.8. The summed E-state index contributed by atoms with van der Waals surface area (Å²) >= 11 is 0. The summed E-state index contributed by atoms with van der Waals surface area (Å²) in [4.78, 5) is 26.2. The second-order valence-electron chi connectivity index (χ2n) is 5.67. The fourth-order valence-electron chi connectivity index (χ4n) is 2.96. The van der Waals surface area contributed by atoms with Gasteiger partial charge in [0.1, 0.15) is 17.1 Å². The van der Waals surface area contributed by atoms with Gasteiger partial charge in [-0.05, 0) is 37.6 Å². The highest BCUT2D eigenvalue weighted by atomic mass is 16.5. The van der Waals surface area contributed by atoms with Crippen molar-refractivity contribution in [3.63, 3.8) is 0 Å². The van der Waals surface area contributed by atoms with E-state index >= 15 is 0 Å². The molecule has 0 aromatic carbocycles. The first-order chi connectivity index (χ1) is 11.7. The third-order valence-corrected chi connectivity index (χ3v) is 4.18. The van der Waals surface area contributed by atoms with Crippen LogP contribution in [0.15, 0.2) is 39.6 Å². The molecule has 0 aliphatic carbocycles. The summed E-state index contributed by atoms with van der Waals surface area (Å²) in [6, 6.07) is 4.95. The van der Waals surface area contributed by atoms with Gasteiger partial charge in [0.05, 0.1) is 38.8 Å². The van der Waals surface area contributed by atoms with E-state index in [1.807, 2.05) is 11.0 Å². The zero-order valence-corrected chi connectivity index (χ0v) is 13.5. The molecule has 0 unspecified atom stereocenters. The van der Waals surface area contributed by atoms with Crippen LogP contribution in [-0.4, -0.2) is 36.5 Å². The first kappa shape index (κ1) is 16.3. The number of nitrogens with one attached hydrogen (secondary N) is 1. The molecule has 0 saturated carbocycles. The Morgan fingerprint density at radius 1 is 1.33 bits per heavy atom. The van der Waals surface area contributed by atoms with E-state index in [9.17, 15) is 9.59 Å². The number of ether oxygens (including phenoxy) is 1. The van der Waals surface area contributed by atoms with E-state index in [2.05, 4.69) is 5.32 Å². The smallest absolute Gasteiger partial charge is 0.341 e. The molecule has 3 heterocycles. The van der Waals surface area contributed by atoms with Crippen LogP contribution in [0.25, 0.3) is 0 Å². The molecular formula is C17H20N2O5. The molecule has 3 rings (SSSR count). The van der Waals surface area contributed by atoms with Crippen molar-refractivity contribution in [1.29, 1.82) is 0 Å². The highest BCUT2D eigenvalue weighted by Gasteiger charge is 2.32. The average molecular weight is 332 g/mol. The van der Waals surface area contributed by atoms with E-state index in [4.69, 9.17) is 13.6 Å². The van der Waals surface area contributed by atoms with Gasteiger partial charge in [0.2, 0.25) is 5.91 Å². The van der Waals surface area contributed by atoms with Crippen LogP contribution in [0.4, 0.5) is 0 Å².